The Hall–Kier alpha value is -0.410. The van der Waals surface area contributed by atoms with Gasteiger partial charge in [-0.05, 0) is 26.9 Å². The van der Waals surface area contributed by atoms with E-state index in [2.05, 4.69) is 30.3 Å². The maximum Gasteiger partial charge on any atom is 0.154 e. The molecule has 108 valence electrons. The molecular weight excluding hydrogens is 224 g/mol. The molecule has 0 spiro atoms. The molecule has 3 nitrogen and oxygen atoms in total. The molecule has 0 aliphatic heterocycles. The molecule has 0 aliphatic rings. The summed E-state index contributed by atoms with van der Waals surface area (Å²) in [6.45, 7) is 7.69. The van der Waals surface area contributed by atoms with Gasteiger partial charge in [-0.1, -0.05) is 32.1 Å². The van der Waals surface area contributed by atoms with Crippen molar-refractivity contribution in [3.8, 4) is 0 Å². The Labute approximate surface area is 114 Å². The Balaban J connectivity index is 3.12. The van der Waals surface area contributed by atoms with Gasteiger partial charge in [0, 0.05) is 13.0 Å². The minimum absolute atomic E-state index is 0.353. The van der Waals surface area contributed by atoms with Crippen molar-refractivity contribution in [3.05, 3.63) is 0 Å². The monoisotopic (exact) mass is 257 g/mol. The number of rotatable bonds is 13. The number of hydrogen-bond donors (Lipinski definition) is 1. The highest BCUT2D eigenvalue weighted by atomic mass is 16.2. The van der Waals surface area contributed by atoms with Gasteiger partial charge < -0.3 is 10.0 Å². The molecule has 0 unspecified atom stereocenters. The van der Waals surface area contributed by atoms with Crippen molar-refractivity contribution >= 4 is 6.72 Å². The average Bonchev–Trinajstić information content (AvgIpc) is 2.34. The van der Waals surface area contributed by atoms with Crippen LogP contribution in [0.5, 0.6) is 0 Å². The van der Waals surface area contributed by atoms with Crippen molar-refractivity contribution in [1.29, 1.82) is 0 Å². The average molecular weight is 257 g/mol. The van der Waals surface area contributed by atoms with Gasteiger partial charge in [0.25, 0.3) is 0 Å². The first-order chi connectivity index (χ1) is 8.66. The molecule has 0 fully saturated rings. The number of likely N-dealkylation sites (N-methyl/N-ethyl adjacent to an activating group) is 1. The van der Waals surface area contributed by atoms with Crippen molar-refractivity contribution in [2.75, 3.05) is 40.3 Å². The minimum Gasteiger partial charge on any atom is -0.396 e. The SMILES string of the molecule is C=[N+](CCCCCCCCCCO)CCN(C)C. The van der Waals surface area contributed by atoms with Gasteiger partial charge in [0.2, 0.25) is 0 Å². The standard InChI is InChI=1S/C15H33N2O/c1-16(2)13-14-17(3)12-10-8-6-4-5-7-9-11-15-18/h18H,3-15H2,1-2H3/q+1. The Kier molecular flexibility index (Phi) is 12.7. The summed E-state index contributed by atoms with van der Waals surface area (Å²) in [5.74, 6) is 0. The van der Waals surface area contributed by atoms with Gasteiger partial charge in [-0.2, -0.15) is 0 Å². The van der Waals surface area contributed by atoms with E-state index in [9.17, 15) is 0 Å². The summed E-state index contributed by atoms with van der Waals surface area (Å²) in [4.78, 5) is 2.20. The quantitative estimate of drug-likeness (QED) is 0.311. The normalized spacial score (nSPS) is 11.1. The van der Waals surface area contributed by atoms with E-state index in [4.69, 9.17) is 5.11 Å². The van der Waals surface area contributed by atoms with Crippen molar-refractivity contribution in [2.45, 2.75) is 51.4 Å². The van der Waals surface area contributed by atoms with Gasteiger partial charge in [0.1, 0.15) is 13.3 Å². The predicted molar refractivity (Wildman–Crippen MR) is 79.7 cm³/mol. The largest absolute Gasteiger partial charge is 0.396 e. The van der Waals surface area contributed by atoms with Crippen LogP contribution in [0.3, 0.4) is 0 Å². The van der Waals surface area contributed by atoms with Crippen LogP contribution in [-0.4, -0.2) is 61.6 Å². The molecule has 1 N–H and O–H groups in total. The van der Waals surface area contributed by atoms with E-state index in [1.165, 1.54) is 44.9 Å². The van der Waals surface area contributed by atoms with Crippen molar-refractivity contribution in [1.82, 2.24) is 4.90 Å². The fourth-order valence-electron chi connectivity index (χ4n) is 1.96. The molecule has 18 heavy (non-hydrogen) atoms. The summed E-state index contributed by atoms with van der Waals surface area (Å²) in [5, 5.41) is 8.66. The molecule has 0 radical (unpaired) electrons. The predicted octanol–water partition coefficient (Wildman–Crippen LogP) is 2.37. The van der Waals surface area contributed by atoms with Crippen LogP contribution in [0.1, 0.15) is 51.4 Å². The van der Waals surface area contributed by atoms with Gasteiger partial charge >= 0.3 is 0 Å². The van der Waals surface area contributed by atoms with E-state index in [1.807, 2.05) is 0 Å². The van der Waals surface area contributed by atoms with Crippen LogP contribution < -0.4 is 0 Å². The van der Waals surface area contributed by atoms with Gasteiger partial charge in [0.05, 0.1) is 6.54 Å². The molecule has 0 heterocycles. The van der Waals surface area contributed by atoms with E-state index < -0.39 is 0 Å². The summed E-state index contributed by atoms with van der Waals surface area (Å²) in [6, 6.07) is 0. The molecule has 0 aliphatic carbocycles. The highest BCUT2D eigenvalue weighted by Crippen LogP contribution is 2.08. The van der Waals surface area contributed by atoms with Gasteiger partial charge in [0.15, 0.2) is 6.54 Å². The van der Waals surface area contributed by atoms with Crippen LogP contribution in [0.15, 0.2) is 0 Å². The molecule has 0 aromatic carbocycles. The van der Waals surface area contributed by atoms with Crippen LogP contribution in [0.25, 0.3) is 0 Å². The van der Waals surface area contributed by atoms with Crippen LogP contribution in [0.4, 0.5) is 0 Å². The fraction of sp³-hybridized carbons (Fsp3) is 0.933. The lowest BCUT2D eigenvalue weighted by Gasteiger charge is -2.08. The third kappa shape index (κ3) is 13.7. The molecule has 0 saturated heterocycles. The summed E-state index contributed by atoms with van der Waals surface area (Å²) >= 11 is 0. The number of hydrogen-bond acceptors (Lipinski definition) is 2. The summed E-state index contributed by atoms with van der Waals surface area (Å²) in [7, 11) is 4.20. The van der Waals surface area contributed by atoms with Gasteiger partial charge in [-0.3, -0.25) is 0 Å². The molecule has 0 amide bonds. The molecular formula is C15H33N2O+. The molecule has 0 rings (SSSR count). The highest BCUT2D eigenvalue weighted by Gasteiger charge is 2.01. The third-order valence-corrected chi connectivity index (χ3v) is 3.25. The first kappa shape index (κ1) is 17.6. The molecule has 0 saturated carbocycles. The number of unbranched alkanes of at least 4 members (excludes halogenated alkanes) is 7. The van der Waals surface area contributed by atoms with Gasteiger partial charge in [-0.15, -0.1) is 0 Å². The summed E-state index contributed by atoms with van der Waals surface area (Å²) in [5.41, 5.74) is 0. The van der Waals surface area contributed by atoms with Crippen LogP contribution in [0, 0.1) is 0 Å². The lowest BCUT2D eigenvalue weighted by molar-refractivity contribution is -0.519. The van der Waals surface area contributed by atoms with Gasteiger partial charge in [-0.25, -0.2) is 4.58 Å². The smallest absolute Gasteiger partial charge is 0.154 e. The maximum atomic E-state index is 8.66. The molecule has 0 aromatic heterocycles. The first-order valence-corrected chi connectivity index (χ1v) is 7.48. The minimum atomic E-state index is 0.353. The Bertz CT molecular complexity index is 193. The Morgan fingerprint density at radius 3 is 1.83 bits per heavy atom. The van der Waals surface area contributed by atoms with E-state index >= 15 is 0 Å². The van der Waals surface area contributed by atoms with Crippen LogP contribution in [0.2, 0.25) is 0 Å². The number of aliphatic hydroxyl groups is 1. The lowest BCUT2D eigenvalue weighted by Crippen LogP contribution is -2.24. The van der Waals surface area contributed by atoms with Crippen molar-refractivity contribution in [2.24, 2.45) is 0 Å². The Morgan fingerprint density at radius 2 is 1.33 bits per heavy atom. The van der Waals surface area contributed by atoms with E-state index in [0.717, 1.165) is 26.1 Å². The fourth-order valence-corrected chi connectivity index (χ4v) is 1.96. The zero-order valence-corrected chi connectivity index (χ0v) is 12.5. The topological polar surface area (TPSA) is 26.5 Å². The lowest BCUT2D eigenvalue weighted by atomic mass is 10.1. The van der Waals surface area contributed by atoms with Crippen molar-refractivity contribution in [3.63, 3.8) is 0 Å². The Morgan fingerprint density at radius 1 is 0.833 bits per heavy atom. The molecule has 0 atom stereocenters. The maximum absolute atomic E-state index is 8.66. The molecule has 0 aromatic rings. The summed E-state index contributed by atoms with van der Waals surface area (Å²) in [6.07, 6.45) is 10.1. The zero-order chi connectivity index (χ0) is 13.6. The zero-order valence-electron chi connectivity index (χ0n) is 12.5. The second kappa shape index (κ2) is 13.0. The molecule has 0 bridgehead atoms. The third-order valence-electron chi connectivity index (χ3n) is 3.25. The van der Waals surface area contributed by atoms with E-state index in [1.54, 1.807) is 0 Å². The second-order valence-corrected chi connectivity index (χ2v) is 5.47. The van der Waals surface area contributed by atoms with E-state index in [-0.39, 0.29) is 0 Å². The van der Waals surface area contributed by atoms with Crippen LogP contribution >= 0.6 is 0 Å². The van der Waals surface area contributed by atoms with Crippen molar-refractivity contribution < 1.29 is 9.68 Å². The number of aliphatic hydroxyl groups excluding tert-OH is 1. The van der Waals surface area contributed by atoms with Crippen LogP contribution in [-0.2, 0) is 0 Å². The first-order valence-electron chi connectivity index (χ1n) is 7.48. The molecule has 3 heteroatoms. The number of nitrogens with zero attached hydrogens (tertiary/aromatic N) is 2. The highest BCUT2D eigenvalue weighted by molar-refractivity contribution is 5.14. The van der Waals surface area contributed by atoms with E-state index in [0.29, 0.717) is 6.61 Å². The summed E-state index contributed by atoms with van der Waals surface area (Å²) < 4.78 is 2.18. The second-order valence-electron chi connectivity index (χ2n) is 5.47.